The van der Waals surface area contributed by atoms with E-state index in [9.17, 15) is 0 Å². The van der Waals surface area contributed by atoms with Crippen molar-refractivity contribution in [1.29, 1.82) is 0 Å². The Morgan fingerprint density at radius 2 is 2.47 bits per heavy atom. The molecule has 0 aliphatic carbocycles. The minimum absolute atomic E-state index is 0.296. The lowest BCUT2D eigenvalue weighted by molar-refractivity contribution is 0.447. The fourth-order valence-corrected chi connectivity index (χ4v) is 3.64. The first kappa shape index (κ1) is 12.9. The first-order valence-corrected chi connectivity index (χ1v) is 7.23. The van der Waals surface area contributed by atoms with Crippen molar-refractivity contribution in [2.75, 3.05) is 5.75 Å². The molecule has 6 heteroatoms. The van der Waals surface area contributed by atoms with E-state index >= 15 is 0 Å². The van der Waals surface area contributed by atoms with Crippen LogP contribution in [0.5, 0.6) is 0 Å². The average molecular weight is 255 g/mol. The van der Waals surface area contributed by atoms with Crippen LogP contribution in [0.15, 0.2) is 6.33 Å². The Kier molecular flexibility index (Phi) is 4.42. The van der Waals surface area contributed by atoms with Crippen molar-refractivity contribution < 1.29 is 0 Å². The molecule has 1 saturated heterocycles. The van der Waals surface area contributed by atoms with Gasteiger partial charge in [0.2, 0.25) is 0 Å². The second-order valence-electron chi connectivity index (χ2n) is 4.74. The lowest BCUT2D eigenvalue weighted by atomic mass is 10.1. The molecule has 0 bridgehead atoms. The monoisotopic (exact) mass is 255 g/mol. The van der Waals surface area contributed by atoms with E-state index in [0.717, 1.165) is 12.2 Å². The highest BCUT2D eigenvalue weighted by molar-refractivity contribution is 8.00. The fraction of sp³-hybridized carbons (Fsp3) is 0.818. The lowest BCUT2D eigenvalue weighted by Crippen LogP contribution is -2.44. The number of nitrogens with two attached hydrogens (primary N) is 1. The van der Waals surface area contributed by atoms with Crippen LogP contribution in [0.1, 0.15) is 38.6 Å². The van der Waals surface area contributed by atoms with E-state index in [0.29, 0.717) is 17.3 Å². The van der Waals surface area contributed by atoms with Crippen molar-refractivity contribution in [2.24, 2.45) is 5.84 Å². The molecule has 1 aliphatic rings. The maximum atomic E-state index is 5.67. The lowest BCUT2D eigenvalue weighted by Gasteiger charge is -2.22. The van der Waals surface area contributed by atoms with E-state index in [4.69, 9.17) is 5.84 Å². The predicted molar refractivity (Wildman–Crippen MR) is 70.7 cm³/mol. The summed E-state index contributed by atoms with van der Waals surface area (Å²) in [6.45, 7) is 4.24. The van der Waals surface area contributed by atoms with Gasteiger partial charge in [0.15, 0.2) is 0 Å². The van der Waals surface area contributed by atoms with Crippen molar-refractivity contribution >= 4 is 11.8 Å². The van der Waals surface area contributed by atoms with Crippen LogP contribution in [0.3, 0.4) is 0 Å². The molecule has 0 radical (unpaired) electrons. The Bertz CT molecular complexity index is 345. The maximum absolute atomic E-state index is 5.67. The molecule has 2 heterocycles. The molecule has 0 aromatic carbocycles. The molecule has 17 heavy (non-hydrogen) atoms. The number of thioether (sulfide) groups is 1. The topological polar surface area (TPSA) is 68.8 Å². The summed E-state index contributed by atoms with van der Waals surface area (Å²) < 4.78 is 1.98. The first-order chi connectivity index (χ1) is 8.22. The van der Waals surface area contributed by atoms with Crippen molar-refractivity contribution in [3.05, 3.63) is 12.2 Å². The molecule has 1 aliphatic heterocycles. The number of hydrogen-bond acceptors (Lipinski definition) is 5. The third-order valence-corrected chi connectivity index (χ3v) is 4.68. The molecule has 0 amide bonds. The predicted octanol–water partition coefficient (Wildman–Crippen LogP) is 1.13. The molecule has 5 nitrogen and oxygen atoms in total. The SMILES string of the molecule is CC(C)n1ncnc1CC(NN)C1CCCS1. The molecule has 1 aromatic heterocycles. The van der Waals surface area contributed by atoms with Gasteiger partial charge in [0.25, 0.3) is 0 Å². The first-order valence-electron chi connectivity index (χ1n) is 6.18. The van der Waals surface area contributed by atoms with Gasteiger partial charge in [0, 0.05) is 23.8 Å². The van der Waals surface area contributed by atoms with Gasteiger partial charge >= 0.3 is 0 Å². The Hall–Kier alpha value is -0.590. The van der Waals surface area contributed by atoms with E-state index < -0.39 is 0 Å². The van der Waals surface area contributed by atoms with E-state index in [1.54, 1.807) is 6.33 Å². The normalized spacial score (nSPS) is 22.2. The minimum Gasteiger partial charge on any atom is -0.271 e. The number of rotatable bonds is 5. The summed E-state index contributed by atoms with van der Waals surface area (Å²) in [5.74, 6) is 7.95. The summed E-state index contributed by atoms with van der Waals surface area (Å²) in [5, 5.41) is 4.87. The van der Waals surface area contributed by atoms with Gasteiger partial charge in [-0.1, -0.05) is 0 Å². The zero-order chi connectivity index (χ0) is 12.3. The van der Waals surface area contributed by atoms with Gasteiger partial charge in [0.05, 0.1) is 0 Å². The Morgan fingerprint density at radius 1 is 1.65 bits per heavy atom. The zero-order valence-corrected chi connectivity index (χ0v) is 11.3. The third kappa shape index (κ3) is 3.00. The van der Waals surface area contributed by atoms with Gasteiger partial charge in [-0.2, -0.15) is 16.9 Å². The van der Waals surface area contributed by atoms with Gasteiger partial charge < -0.3 is 0 Å². The van der Waals surface area contributed by atoms with Crippen molar-refractivity contribution in [3.63, 3.8) is 0 Å². The number of hydrogen-bond donors (Lipinski definition) is 2. The molecule has 1 aromatic rings. The van der Waals surface area contributed by atoms with E-state index in [1.165, 1.54) is 18.6 Å². The van der Waals surface area contributed by atoms with E-state index in [-0.39, 0.29) is 0 Å². The number of nitrogens with zero attached hydrogens (tertiary/aromatic N) is 3. The standard InChI is InChI=1S/C11H21N5S/c1-8(2)16-11(13-7-14-16)6-9(15-12)10-4-3-5-17-10/h7-10,15H,3-6,12H2,1-2H3. The van der Waals surface area contributed by atoms with E-state index in [1.807, 2.05) is 16.4 Å². The number of hydrazine groups is 1. The van der Waals surface area contributed by atoms with Crippen LogP contribution in [0.2, 0.25) is 0 Å². The van der Waals surface area contributed by atoms with Gasteiger partial charge in [-0.15, -0.1) is 0 Å². The Balaban J connectivity index is 2.04. The molecule has 3 N–H and O–H groups in total. The summed E-state index contributed by atoms with van der Waals surface area (Å²) in [5.41, 5.74) is 2.95. The van der Waals surface area contributed by atoms with Crippen LogP contribution in [-0.4, -0.2) is 31.8 Å². The summed E-state index contributed by atoms with van der Waals surface area (Å²) in [6, 6.07) is 0.645. The van der Waals surface area contributed by atoms with Crippen LogP contribution in [-0.2, 0) is 6.42 Å². The zero-order valence-electron chi connectivity index (χ0n) is 10.5. The van der Waals surface area contributed by atoms with Crippen LogP contribution in [0.25, 0.3) is 0 Å². The fourth-order valence-electron chi connectivity index (χ4n) is 2.27. The maximum Gasteiger partial charge on any atom is 0.138 e. The number of aromatic nitrogens is 3. The van der Waals surface area contributed by atoms with Crippen LogP contribution >= 0.6 is 11.8 Å². The van der Waals surface area contributed by atoms with Crippen LogP contribution < -0.4 is 11.3 Å². The molecule has 2 rings (SSSR count). The van der Waals surface area contributed by atoms with Gasteiger partial charge in [-0.05, 0) is 32.4 Å². The molecule has 1 fully saturated rings. The Labute approximate surface area is 107 Å². The number of nitrogens with one attached hydrogen (secondary N) is 1. The summed E-state index contributed by atoms with van der Waals surface area (Å²) in [4.78, 5) is 4.34. The van der Waals surface area contributed by atoms with E-state index in [2.05, 4.69) is 29.4 Å². The summed E-state index contributed by atoms with van der Waals surface area (Å²) in [6.07, 6.45) is 5.02. The smallest absolute Gasteiger partial charge is 0.138 e. The Morgan fingerprint density at radius 3 is 3.06 bits per heavy atom. The van der Waals surface area contributed by atoms with Gasteiger partial charge in [-0.25, -0.2) is 9.67 Å². The molecule has 2 unspecified atom stereocenters. The highest BCUT2D eigenvalue weighted by atomic mass is 32.2. The largest absolute Gasteiger partial charge is 0.271 e. The molecule has 0 saturated carbocycles. The van der Waals surface area contributed by atoms with Gasteiger partial charge in [-0.3, -0.25) is 11.3 Å². The molecule has 0 spiro atoms. The highest BCUT2D eigenvalue weighted by Gasteiger charge is 2.26. The minimum atomic E-state index is 0.296. The summed E-state index contributed by atoms with van der Waals surface area (Å²) in [7, 11) is 0. The van der Waals surface area contributed by atoms with Crippen molar-refractivity contribution in [3.8, 4) is 0 Å². The van der Waals surface area contributed by atoms with Crippen LogP contribution in [0, 0.1) is 0 Å². The van der Waals surface area contributed by atoms with Gasteiger partial charge in [0.1, 0.15) is 12.2 Å². The molecule has 96 valence electrons. The van der Waals surface area contributed by atoms with Crippen molar-refractivity contribution in [1.82, 2.24) is 20.2 Å². The second kappa shape index (κ2) is 5.84. The average Bonchev–Trinajstić information content (AvgIpc) is 2.96. The third-order valence-electron chi connectivity index (χ3n) is 3.17. The summed E-state index contributed by atoms with van der Waals surface area (Å²) >= 11 is 2.01. The second-order valence-corrected chi connectivity index (χ2v) is 6.09. The van der Waals surface area contributed by atoms with Crippen LogP contribution in [0.4, 0.5) is 0 Å². The van der Waals surface area contributed by atoms with Crippen molar-refractivity contribution in [2.45, 2.75) is 50.4 Å². The highest BCUT2D eigenvalue weighted by Crippen LogP contribution is 2.29. The quantitative estimate of drug-likeness (QED) is 0.610. The molecule has 2 atom stereocenters. The molecular formula is C11H21N5S. The molecular weight excluding hydrogens is 234 g/mol.